The number of nitrogens with one attached hydrogen (secondary N) is 1. The summed E-state index contributed by atoms with van der Waals surface area (Å²) in [5, 5.41) is 2.67. The Morgan fingerprint density at radius 2 is 1.85 bits per heavy atom. The first-order valence-corrected chi connectivity index (χ1v) is 6.20. The highest BCUT2D eigenvalue weighted by atomic mass is 16.5. The quantitative estimate of drug-likeness (QED) is 0.544. The molecule has 1 aromatic rings. The zero-order chi connectivity index (χ0) is 14.8. The Morgan fingerprint density at radius 3 is 2.45 bits per heavy atom. The van der Waals surface area contributed by atoms with E-state index in [1.807, 2.05) is 0 Å². The van der Waals surface area contributed by atoms with Crippen molar-refractivity contribution in [2.75, 3.05) is 31.7 Å². The summed E-state index contributed by atoms with van der Waals surface area (Å²) in [5.74, 6) is -0.0594. The van der Waals surface area contributed by atoms with Gasteiger partial charge in [0, 0.05) is 12.2 Å². The zero-order valence-electron chi connectivity index (χ0n) is 11.1. The lowest BCUT2D eigenvalue weighted by molar-refractivity contribution is -0.120. The largest absolute Gasteiger partial charge is 0.493 e. The zero-order valence-corrected chi connectivity index (χ0v) is 11.1. The molecule has 0 unspecified atom stereocenters. The van der Waals surface area contributed by atoms with Gasteiger partial charge in [-0.05, 0) is 24.3 Å². The summed E-state index contributed by atoms with van der Waals surface area (Å²) in [6.45, 7) is 0.923. The van der Waals surface area contributed by atoms with E-state index in [0.717, 1.165) is 0 Å². The minimum atomic E-state index is -0.411. The molecule has 1 aromatic carbocycles. The molecule has 0 saturated heterocycles. The molecule has 20 heavy (non-hydrogen) atoms. The minimum absolute atomic E-state index is 0.0337. The van der Waals surface area contributed by atoms with Gasteiger partial charge in [-0.2, -0.15) is 0 Å². The molecular weight excluding hydrogens is 262 g/mol. The second-order valence-electron chi connectivity index (χ2n) is 3.98. The van der Waals surface area contributed by atoms with Gasteiger partial charge < -0.3 is 26.3 Å². The summed E-state index contributed by atoms with van der Waals surface area (Å²) in [4.78, 5) is 22.0. The topological polar surface area (TPSA) is 117 Å². The summed E-state index contributed by atoms with van der Waals surface area (Å²) >= 11 is 0. The second-order valence-corrected chi connectivity index (χ2v) is 3.98. The number of carbonyl (C=O) groups excluding carboxylic acids is 2. The van der Waals surface area contributed by atoms with E-state index >= 15 is 0 Å². The lowest BCUT2D eigenvalue weighted by Crippen LogP contribution is -2.20. The van der Waals surface area contributed by atoms with Crippen molar-refractivity contribution in [2.45, 2.75) is 6.42 Å². The van der Waals surface area contributed by atoms with Gasteiger partial charge in [0.1, 0.15) is 12.4 Å². The Hall–Kier alpha value is -2.12. The van der Waals surface area contributed by atoms with Gasteiger partial charge in [-0.25, -0.2) is 0 Å². The number of anilines is 1. The second kappa shape index (κ2) is 8.89. The summed E-state index contributed by atoms with van der Waals surface area (Å²) in [6, 6.07) is 6.77. The molecule has 7 nitrogen and oxygen atoms in total. The molecular formula is C13H19N3O4. The van der Waals surface area contributed by atoms with Crippen molar-refractivity contribution in [1.29, 1.82) is 0 Å². The third-order valence-electron chi connectivity index (χ3n) is 2.25. The van der Waals surface area contributed by atoms with Gasteiger partial charge in [-0.1, -0.05) is 0 Å². The molecule has 0 aliphatic rings. The number of ether oxygens (including phenoxy) is 2. The number of rotatable bonds is 9. The molecule has 0 radical (unpaired) electrons. The molecule has 5 N–H and O–H groups in total. The van der Waals surface area contributed by atoms with Crippen LogP contribution in [0.2, 0.25) is 0 Å². The normalized spacial score (nSPS) is 10.1. The van der Waals surface area contributed by atoms with Crippen molar-refractivity contribution >= 4 is 17.5 Å². The van der Waals surface area contributed by atoms with E-state index in [1.165, 1.54) is 0 Å². The number of primary amides is 1. The maximum Gasteiger partial charge on any atom is 0.250 e. The minimum Gasteiger partial charge on any atom is -0.493 e. The van der Waals surface area contributed by atoms with Gasteiger partial charge in [0.2, 0.25) is 11.8 Å². The molecule has 2 amide bonds. The van der Waals surface area contributed by atoms with E-state index in [-0.39, 0.29) is 25.5 Å². The van der Waals surface area contributed by atoms with Crippen LogP contribution in [0.4, 0.5) is 5.69 Å². The van der Waals surface area contributed by atoms with Crippen LogP contribution in [-0.2, 0) is 14.3 Å². The Kier molecular flexibility index (Phi) is 7.08. The maximum absolute atomic E-state index is 11.5. The fraction of sp³-hybridized carbons (Fsp3) is 0.385. The Morgan fingerprint density at radius 1 is 1.15 bits per heavy atom. The molecule has 1 rings (SSSR count). The number of amides is 2. The van der Waals surface area contributed by atoms with Crippen LogP contribution < -0.4 is 21.5 Å². The van der Waals surface area contributed by atoms with Crippen LogP contribution in [0.3, 0.4) is 0 Å². The third kappa shape index (κ3) is 6.72. The van der Waals surface area contributed by atoms with Crippen LogP contribution in [-0.4, -0.2) is 38.2 Å². The highest BCUT2D eigenvalue weighted by molar-refractivity contribution is 5.91. The van der Waals surface area contributed by atoms with Gasteiger partial charge in [0.15, 0.2) is 0 Å². The molecule has 0 aromatic heterocycles. The summed E-state index contributed by atoms with van der Waals surface area (Å²) in [6.07, 6.45) is 0.164. The average molecular weight is 281 g/mol. The van der Waals surface area contributed by atoms with Crippen molar-refractivity contribution in [1.82, 2.24) is 0 Å². The highest BCUT2D eigenvalue weighted by Gasteiger charge is 2.03. The van der Waals surface area contributed by atoms with E-state index < -0.39 is 5.91 Å². The van der Waals surface area contributed by atoms with Crippen molar-refractivity contribution < 1.29 is 19.1 Å². The van der Waals surface area contributed by atoms with Crippen LogP contribution >= 0.6 is 0 Å². The van der Waals surface area contributed by atoms with E-state index in [1.54, 1.807) is 24.3 Å². The van der Waals surface area contributed by atoms with Crippen LogP contribution in [0.25, 0.3) is 0 Å². The van der Waals surface area contributed by atoms with Gasteiger partial charge in [0.25, 0.3) is 0 Å². The van der Waals surface area contributed by atoms with Gasteiger partial charge in [0.05, 0.1) is 19.6 Å². The van der Waals surface area contributed by atoms with Crippen molar-refractivity contribution in [3.63, 3.8) is 0 Å². The molecule has 0 bridgehead atoms. The predicted molar refractivity (Wildman–Crippen MR) is 74.3 cm³/mol. The molecule has 0 heterocycles. The van der Waals surface area contributed by atoms with Crippen LogP contribution in [0.15, 0.2) is 24.3 Å². The Bertz CT molecular complexity index is 434. The Labute approximate surface area is 117 Å². The molecule has 0 aliphatic carbocycles. The van der Waals surface area contributed by atoms with E-state index in [4.69, 9.17) is 20.9 Å². The van der Waals surface area contributed by atoms with Crippen molar-refractivity contribution in [2.24, 2.45) is 11.5 Å². The fourth-order valence-corrected chi connectivity index (χ4v) is 1.35. The Balaban J connectivity index is 2.34. The lowest BCUT2D eigenvalue weighted by atomic mass is 10.3. The van der Waals surface area contributed by atoms with Crippen molar-refractivity contribution in [3.8, 4) is 5.75 Å². The molecule has 0 saturated carbocycles. The van der Waals surface area contributed by atoms with E-state index in [2.05, 4.69) is 5.32 Å². The van der Waals surface area contributed by atoms with Crippen LogP contribution in [0.5, 0.6) is 5.75 Å². The molecule has 7 heteroatoms. The van der Waals surface area contributed by atoms with Gasteiger partial charge in [-0.15, -0.1) is 0 Å². The first-order valence-electron chi connectivity index (χ1n) is 6.20. The number of hydrogen-bond acceptors (Lipinski definition) is 5. The first-order chi connectivity index (χ1) is 9.61. The predicted octanol–water partition coefficient (Wildman–Crippen LogP) is -0.145. The average Bonchev–Trinajstić information content (AvgIpc) is 2.41. The van der Waals surface area contributed by atoms with Gasteiger partial charge >= 0.3 is 0 Å². The first kappa shape index (κ1) is 15.9. The highest BCUT2D eigenvalue weighted by Crippen LogP contribution is 2.15. The smallest absolute Gasteiger partial charge is 0.250 e. The number of hydrogen-bond donors (Lipinski definition) is 3. The molecule has 0 aliphatic heterocycles. The SMILES string of the molecule is NCCOCC(=O)Nc1ccc(OCCC(N)=O)cc1. The summed E-state index contributed by atoms with van der Waals surface area (Å²) in [5.41, 5.74) is 10.9. The van der Waals surface area contributed by atoms with Crippen molar-refractivity contribution in [3.05, 3.63) is 24.3 Å². The third-order valence-corrected chi connectivity index (χ3v) is 2.25. The molecule has 0 fully saturated rings. The van der Waals surface area contributed by atoms with E-state index in [9.17, 15) is 9.59 Å². The molecule has 0 spiro atoms. The van der Waals surface area contributed by atoms with Gasteiger partial charge in [-0.3, -0.25) is 9.59 Å². The molecule has 110 valence electrons. The number of benzene rings is 1. The number of carbonyl (C=O) groups is 2. The monoisotopic (exact) mass is 281 g/mol. The number of nitrogens with two attached hydrogens (primary N) is 2. The standard InChI is InChI=1S/C13H19N3O4/c14-6-8-19-9-13(18)16-10-1-3-11(4-2-10)20-7-5-12(15)17/h1-4H,5-9,14H2,(H2,15,17)(H,16,18). The van der Waals surface area contributed by atoms with Crippen LogP contribution in [0, 0.1) is 0 Å². The molecule has 0 atom stereocenters. The summed E-state index contributed by atoms with van der Waals surface area (Å²) in [7, 11) is 0. The van der Waals surface area contributed by atoms with E-state index in [0.29, 0.717) is 24.6 Å². The fourth-order valence-electron chi connectivity index (χ4n) is 1.35. The van der Waals surface area contributed by atoms with Crippen LogP contribution in [0.1, 0.15) is 6.42 Å². The summed E-state index contributed by atoms with van der Waals surface area (Å²) < 4.78 is 10.3. The maximum atomic E-state index is 11.5. The lowest BCUT2D eigenvalue weighted by Gasteiger charge is -2.08.